The number of nitriles is 2. The normalized spacial score (nSPS) is 10.1. The number of carbonyl (C=O) groups excluding carboxylic acids is 1. The molecule has 0 atom stereocenters. The van der Waals surface area contributed by atoms with Crippen molar-refractivity contribution >= 4 is 35.1 Å². The minimum absolute atomic E-state index is 0.0364. The smallest absolute Gasteiger partial charge is 0.316 e. The predicted octanol–water partition coefficient (Wildman–Crippen LogP) is 3.98. The fourth-order valence-electron chi connectivity index (χ4n) is 2.80. The van der Waals surface area contributed by atoms with Crippen molar-refractivity contribution in [3.8, 4) is 23.3 Å². The van der Waals surface area contributed by atoms with E-state index in [0.29, 0.717) is 21.2 Å². The zero-order valence-corrected chi connectivity index (χ0v) is 17.3. The molecule has 0 amide bonds. The van der Waals surface area contributed by atoms with Crippen molar-refractivity contribution < 1.29 is 14.5 Å². The van der Waals surface area contributed by atoms with Crippen LogP contribution >= 0.6 is 23.4 Å². The van der Waals surface area contributed by atoms with Crippen molar-refractivity contribution in [2.45, 2.75) is 11.6 Å². The van der Waals surface area contributed by atoms with Gasteiger partial charge in [-0.3, -0.25) is 10.5 Å². The summed E-state index contributed by atoms with van der Waals surface area (Å²) in [5.41, 5.74) is 8.06. The molecule has 1 heterocycles. The van der Waals surface area contributed by atoms with Crippen LogP contribution < -0.4 is 10.7 Å². The number of ether oxygens (including phenoxy) is 1. The molecule has 1 aromatic heterocycles. The van der Waals surface area contributed by atoms with E-state index in [9.17, 15) is 15.3 Å². The fourth-order valence-corrected chi connectivity index (χ4v) is 3.85. The van der Waals surface area contributed by atoms with Crippen LogP contribution in [-0.2, 0) is 16.1 Å². The Balaban J connectivity index is 1.87. The number of thioether (sulfide) groups is 1. The summed E-state index contributed by atoms with van der Waals surface area (Å²) >= 11 is 7.38. The lowest BCUT2D eigenvalue weighted by atomic mass is 9.97. The minimum Gasteiger partial charge on any atom is -0.460 e. The summed E-state index contributed by atoms with van der Waals surface area (Å²) in [6.07, 6.45) is 0. The van der Waals surface area contributed by atoms with Crippen LogP contribution in [0.2, 0.25) is 5.02 Å². The Labute approximate surface area is 182 Å². The first-order valence-corrected chi connectivity index (χ1v) is 10.2. The van der Waals surface area contributed by atoms with Gasteiger partial charge in [-0.2, -0.15) is 10.5 Å². The zero-order chi connectivity index (χ0) is 21.5. The lowest BCUT2D eigenvalue weighted by molar-refractivity contribution is -0.410. The van der Waals surface area contributed by atoms with Gasteiger partial charge in [-0.25, -0.2) is 4.98 Å². The van der Waals surface area contributed by atoms with Gasteiger partial charge in [0.15, 0.2) is 5.03 Å². The average molecular weight is 436 g/mol. The van der Waals surface area contributed by atoms with E-state index < -0.39 is 5.97 Å². The topological polar surface area (TPSA) is 114 Å². The van der Waals surface area contributed by atoms with Crippen LogP contribution in [0, 0.1) is 22.7 Å². The SMILES string of the molecule is N#Cc1c(N)[nH+]c(SCC(=O)OCc2ccccc2)c(C#N)c1-c1ccccc1Cl. The van der Waals surface area contributed by atoms with Gasteiger partial charge in [0.05, 0.1) is 5.75 Å². The van der Waals surface area contributed by atoms with E-state index in [-0.39, 0.29) is 29.3 Å². The molecule has 8 heteroatoms. The van der Waals surface area contributed by atoms with Gasteiger partial charge in [-0.15, -0.1) is 0 Å². The molecule has 3 aromatic rings. The lowest BCUT2D eigenvalue weighted by Crippen LogP contribution is -2.20. The fraction of sp³-hybridized carbons (Fsp3) is 0.0909. The number of aromatic nitrogens is 1. The van der Waals surface area contributed by atoms with Gasteiger partial charge in [-0.05, 0) is 11.6 Å². The molecule has 6 nitrogen and oxygen atoms in total. The van der Waals surface area contributed by atoms with E-state index in [4.69, 9.17) is 22.1 Å². The Morgan fingerprint density at radius 2 is 1.73 bits per heavy atom. The molecular weight excluding hydrogens is 420 g/mol. The highest BCUT2D eigenvalue weighted by atomic mass is 35.5. The van der Waals surface area contributed by atoms with Crippen LogP contribution in [-0.4, -0.2) is 11.7 Å². The number of hydrogen-bond acceptors (Lipinski definition) is 6. The number of hydrogen-bond donors (Lipinski definition) is 1. The molecule has 0 saturated heterocycles. The predicted molar refractivity (Wildman–Crippen MR) is 114 cm³/mol. The maximum absolute atomic E-state index is 12.2. The number of nitrogens with two attached hydrogens (primary N) is 1. The summed E-state index contributed by atoms with van der Waals surface area (Å²) in [7, 11) is 0. The molecule has 0 saturated carbocycles. The third-order valence-corrected chi connectivity index (χ3v) is 5.49. The van der Waals surface area contributed by atoms with E-state index in [1.165, 1.54) is 0 Å². The number of nitrogens with zero attached hydrogens (tertiary/aromatic N) is 2. The molecule has 0 radical (unpaired) electrons. The van der Waals surface area contributed by atoms with E-state index in [0.717, 1.165) is 17.3 Å². The van der Waals surface area contributed by atoms with Crippen molar-refractivity contribution in [1.29, 1.82) is 10.5 Å². The van der Waals surface area contributed by atoms with Crippen molar-refractivity contribution in [3.05, 3.63) is 76.3 Å². The van der Waals surface area contributed by atoms with Gasteiger partial charge in [-0.1, -0.05) is 71.9 Å². The van der Waals surface area contributed by atoms with Crippen molar-refractivity contribution in [2.24, 2.45) is 0 Å². The molecule has 148 valence electrons. The van der Waals surface area contributed by atoms with Crippen LogP contribution in [0.3, 0.4) is 0 Å². The van der Waals surface area contributed by atoms with Crippen LogP contribution in [0.1, 0.15) is 16.7 Å². The van der Waals surface area contributed by atoms with E-state index in [1.54, 1.807) is 24.3 Å². The number of nitrogens with one attached hydrogen (secondary N) is 1. The Morgan fingerprint density at radius 3 is 2.40 bits per heavy atom. The quantitative estimate of drug-likeness (QED) is 0.462. The Hall–Kier alpha value is -3.52. The van der Waals surface area contributed by atoms with Crippen molar-refractivity contribution in [1.82, 2.24) is 0 Å². The number of nitrogen functional groups attached to an aromatic ring is 1. The second-order valence-electron chi connectivity index (χ2n) is 6.13. The molecule has 0 spiro atoms. The van der Waals surface area contributed by atoms with Gasteiger partial charge in [0, 0.05) is 16.1 Å². The second kappa shape index (κ2) is 9.80. The summed E-state index contributed by atoms with van der Waals surface area (Å²) in [4.78, 5) is 15.0. The molecule has 0 unspecified atom stereocenters. The maximum atomic E-state index is 12.2. The third-order valence-electron chi connectivity index (χ3n) is 4.19. The summed E-state index contributed by atoms with van der Waals surface area (Å²) in [6.45, 7) is 0.162. The first-order valence-electron chi connectivity index (χ1n) is 8.81. The van der Waals surface area contributed by atoms with Gasteiger partial charge >= 0.3 is 5.97 Å². The molecule has 0 bridgehead atoms. The third kappa shape index (κ3) is 4.72. The number of pyridine rings is 1. The minimum atomic E-state index is -0.441. The Kier molecular flexibility index (Phi) is 6.92. The van der Waals surface area contributed by atoms with Gasteiger partial charge in [0.25, 0.3) is 5.82 Å². The molecule has 0 fully saturated rings. The maximum Gasteiger partial charge on any atom is 0.316 e. The first-order chi connectivity index (χ1) is 14.5. The number of H-pyrrole nitrogens is 1. The number of esters is 1. The van der Waals surface area contributed by atoms with Crippen molar-refractivity contribution in [2.75, 3.05) is 11.5 Å². The summed E-state index contributed by atoms with van der Waals surface area (Å²) in [5.74, 6) is -0.388. The summed E-state index contributed by atoms with van der Waals surface area (Å²) < 4.78 is 5.27. The highest BCUT2D eigenvalue weighted by molar-refractivity contribution is 7.99. The standard InChI is InChI=1S/C22H15ClN4O2S/c23-18-9-5-4-8-15(18)20-16(10-24)21(26)27-22(17(20)11-25)30-13-19(28)29-12-14-6-2-1-3-7-14/h1-9H,12-13H2,(H2,26,27)/p+1. The van der Waals surface area contributed by atoms with Crippen LogP contribution in [0.25, 0.3) is 11.1 Å². The zero-order valence-electron chi connectivity index (χ0n) is 15.7. The number of halogens is 1. The highest BCUT2D eigenvalue weighted by Gasteiger charge is 2.25. The van der Waals surface area contributed by atoms with Gasteiger partial charge in [0.2, 0.25) is 0 Å². The number of benzene rings is 2. The number of aromatic amines is 1. The van der Waals surface area contributed by atoms with E-state index >= 15 is 0 Å². The van der Waals surface area contributed by atoms with E-state index in [2.05, 4.69) is 11.1 Å². The molecule has 3 rings (SSSR count). The lowest BCUT2D eigenvalue weighted by Gasteiger charge is -2.11. The molecule has 3 N–H and O–H groups in total. The van der Waals surface area contributed by atoms with Gasteiger partial charge < -0.3 is 4.74 Å². The number of anilines is 1. The second-order valence-corrected chi connectivity index (χ2v) is 7.52. The Bertz CT molecular complexity index is 1170. The molecule has 2 aromatic carbocycles. The first kappa shape index (κ1) is 21.2. The summed E-state index contributed by atoms with van der Waals surface area (Å²) in [6, 6.07) is 20.3. The van der Waals surface area contributed by atoms with Crippen LogP contribution in [0.15, 0.2) is 59.6 Å². The molecular formula is C22H16ClN4O2S+. The van der Waals surface area contributed by atoms with E-state index in [1.807, 2.05) is 36.4 Å². The van der Waals surface area contributed by atoms with Crippen molar-refractivity contribution in [3.63, 3.8) is 0 Å². The number of carbonyl (C=O) groups is 1. The largest absolute Gasteiger partial charge is 0.460 e. The Morgan fingerprint density at radius 1 is 1.07 bits per heavy atom. The molecule has 0 aliphatic heterocycles. The van der Waals surface area contributed by atoms with Crippen LogP contribution in [0.4, 0.5) is 5.82 Å². The highest BCUT2D eigenvalue weighted by Crippen LogP contribution is 2.37. The average Bonchev–Trinajstić information content (AvgIpc) is 2.77. The van der Waals surface area contributed by atoms with Crippen LogP contribution in [0.5, 0.6) is 0 Å². The van der Waals surface area contributed by atoms with Gasteiger partial charge in [0.1, 0.15) is 29.9 Å². The summed E-state index contributed by atoms with van der Waals surface area (Å²) in [5, 5.41) is 20.1. The number of rotatable bonds is 6. The molecule has 30 heavy (non-hydrogen) atoms. The monoisotopic (exact) mass is 435 g/mol. The molecule has 0 aliphatic rings. The molecule has 0 aliphatic carbocycles.